The van der Waals surface area contributed by atoms with Gasteiger partial charge in [-0.1, -0.05) is 25.2 Å². The molecular formula is C17H20FNO2. The second-order valence-corrected chi connectivity index (χ2v) is 5.65. The van der Waals surface area contributed by atoms with Crippen molar-refractivity contribution < 1.29 is 14.3 Å². The predicted octanol–water partition coefficient (Wildman–Crippen LogP) is 2.34. The molecule has 1 amide bonds. The molecule has 2 N–H and O–H groups in total. The number of benzene rings is 1. The summed E-state index contributed by atoms with van der Waals surface area (Å²) in [7, 11) is 0. The molecule has 21 heavy (non-hydrogen) atoms. The third-order valence-corrected chi connectivity index (χ3v) is 3.88. The number of aliphatic hydroxyl groups excluding tert-OH is 1. The number of amides is 1. The fourth-order valence-electron chi connectivity index (χ4n) is 2.76. The van der Waals surface area contributed by atoms with E-state index in [0.717, 1.165) is 12.8 Å². The van der Waals surface area contributed by atoms with Gasteiger partial charge in [0, 0.05) is 12.1 Å². The molecule has 4 heteroatoms. The van der Waals surface area contributed by atoms with E-state index >= 15 is 0 Å². The molecule has 112 valence electrons. The zero-order valence-corrected chi connectivity index (χ0v) is 12.2. The Bertz CT molecular complexity index is 574. The molecule has 0 spiro atoms. The van der Waals surface area contributed by atoms with Crippen LogP contribution >= 0.6 is 0 Å². The van der Waals surface area contributed by atoms with Gasteiger partial charge in [0.25, 0.3) is 5.91 Å². The quantitative estimate of drug-likeness (QED) is 0.839. The molecule has 1 aromatic carbocycles. The summed E-state index contributed by atoms with van der Waals surface area (Å²) in [6.45, 7) is 2.55. The highest BCUT2D eigenvalue weighted by atomic mass is 19.1. The number of halogens is 1. The maximum absolute atomic E-state index is 13.9. The van der Waals surface area contributed by atoms with Crippen molar-refractivity contribution in [2.45, 2.75) is 26.2 Å². The van der Waals surface area contributed by atoms with Crippen LogP contribution in [0.4, 0.5) is 4.39 Å². The van der Waals surface area contributed by atoms with Crippen molar-refractivity contribution in [3.8, 4) is 11.8 Å². The average molecular weight is 289 g/mol. The molecule has 0 aromatic heterocycles. The standard InChI is InChI=1S/C17H20FNO2/c1-12-4-5-14(9-12)11-19-17(21)15-7-6-13(3-2-8-20)10-16(15)18/h6-7,10,12,14,20H,4-5,8-9,11H2,1H3,(H,19,21). The van der Waals surface area contributed by atoms with Crippen molar-refractivity contribution in [3.05, 3.63) is 35.1 Å². The van der Waals surface area contributed by atoms with Gasteiger partial charge in [-0.05, 0) is 42.9 Å². The van der Waals surface area contributed by atoms with Crippen LogP contribution in [0.3, 0.4) is 0 Å². The van der Waals surface area contributed by atoms with E-state index in [1.54, 1.807) is 6.07 Å². The van der Waals surface area contributed by atoms with Crippen molar-refractivity contribution in [2.24, 2.45) is 11.8 Å². The Morgan fingerprint density at radius 3 is 2.90 bits per heavy atom. The van der Waals surface area contributed by atoms with Gasteiger partial charge < -0.3 is 10.4 Å². The number of hydrogen-bond donors (Lipinski definition) is 2. The van der Waals surface area contributed by atoms with Gasteiger partial charge in [-0.3, -0.25) is 4.79 Å². The molecule has 1 aliphatic rings. The number of aliphatic hydroxyl groups is 1. The summed E-state index contributed by atoms with van der Waals surface area (Å²) in [5.41, 5.74) is 0.485. The fraction of sp³-hybridized carbons (Fsp3) is 0.471. The number of rotatable bonds is 3. The largest absolute Gasteiger partial charge is 0.384 e. The van der Waals surface area contributed by atoms with Crippen LogP contribution in [-0.2, 0) is 0 Å². The van der Waals surface area contributed by atoms with E-state index < -0.39 is 5.82 Å². The lowest BCUT2D eigenvalue weighted by atomic mass is 10.1. The zero-order chi connectivity index (χ0) is 15.2. The van der Waals surface area contributed by atoms with E-state index in [0.29, 0.717) is 23.9 Å². The Kier molecular flexibility index (Phi) is 5.35. The van der Waals surface area contributed by atoms with Gasteiger partial charge in [-0.15, -0.1) is 0 Å². The van der Waals surface area contributed by atoms with E-state index in [1.807, 2.05) is 0 Å². The van der Waals surface area contributed by atoms with E-state index in [1.165, 1.54) is 18.6 Å². The van der Waals surface area contributed by atoms with E-state index in [-0.39, 0.29) is 18.1 Å². The maximum atomic E-state index is 13.9. The van der Waals surface area contributed by atoms with Crippen molar-refractivity contribution in [3.63, 3.8) is 0 Å². The molecule has 2 rings (SSSR count). The first-order chi connectivity index (χ1) is 10.1. The molecule has 2 unspecified atom stereocenters. The maximum Gasteiger partial charge on any atom is 0.254 e. The van der Waals surface area contributed by atoms with Gasteiger partial charge in [0.2, 0.25) is 0 Å². The Balaban J connectivity index is 1.96. The first-order valence-electron chi connectivity index (χ1n) is 7.27. The monoisotopic (exact) mass is 289 g/mol. The van der Waals surface area contributed by atoms with Crippen molar-refractivity contribution in [1.29, 1.82) is 0 Å². The Morgan fingerprint density at radius 2 is 2.29 bits per heavy atom. The zero-order valence-electron chi connectivity index (χ0n) is 12.2. The summed E-state index contributed by atoms with van der Waals surface area (Å²) >= 11 is 0. The number of carbonyl (C=O) groups excluding carboxylic acids is 1. The van der Waals surface area contributed by atoms with Crippen molar-refractivity contribution in [1.82, 2.24) is 5.32 Å². The van der Waals surface area contributed by atoms with Crippen LogP contribution in [0.25, 0.3) is 0 Å². The van der Waals surface area contributed by atoms with Gasteiger partial charge in [0.15, 0.2) is 0 Å². The molecule has 0 saturated heterocycles. The van der Waals surface area contributed by atoms with Gasteiger partial charge >= 0.3 is 0 Å². The molecule has 1 saturated carbocycles. The number of carbonyl (C=O) groups is 1. The summed E-state index contributed by atoms with van der Waals surface area (Å²) in [4.78, 5) is 12.0. The molecule has 1 aromatic rings. The third-order valence-electron chi connectivity index (χ3n) is 3.88. The van der Waals surface area contributed by atoms with Crippen molar-refractivity contribution in [2.75, 3.05) is 13.2 Å². The fourth-order valence-corrected chi connectivity index (χ4v) is 2.76. The Morgan fingerprint density at radius 1 is 1.48 bits per heavy atom. The van der Waals surface area contributed by atoms with Crippen molar-refractivity contribution >= 4 is 5.91 Å². The smallest absolute Gasteiger partial charge is 0.254 e. The normalized spacial score (nSPS) is 20.7. The van der Waals surface area contributed by atoms with Crippen LogP contribution < -0.4 is 5.32 Å². The molecular weight excluding hydrogens is 269 g/mol. The van der Waals surface area contributed by atoms with Gasteiger partial charge in [0.1, 0.15) is 12.4 Å². The van der Waals surface area contributed by atoms with Crippen LogP contribution in [0.1, 0.15) is 42.1 Å². The average Bonchev–Trinajstić information content (AvgIpc) is 2.88. The summed E-state index contributed by atoms with van der Waals surface area (Å²) in [6, 6.07) is 4.23. The minimum atomic E-state index is -0.586. The lowest BCUT2D eigenvalue weighted by molar-refractivity contribution is 0.0943. The second kappa shape index (κ2) is 7.24. The highest BCUT2D eigenvalue weighted by molar-refractivity contribution is 5.94. The molecule has 3 nitrogen and oxygen atoms in total. The van der Waals surface area contributed by atoms with Gasteiger partial charge in [-0.25, -0.2) is 4.39 Å². The first-order valence-corrected chi connectivity index (χ1v) is 7.27. The SMILES string of the molecule is CC1CCC(CNC(=O)c2ccc(C#CCO)cc2F)C1. The Hall–Kier alpha value is -1.86. The summed E-state index contributed by atoms with van der Waals surface area (Å²) in [5.74, 6) is 5.31. The molecule has 0 heterocycles. The van der Waals surface area contributed by atoms with E-state index in [4.69, 9.17) is 5.11 Å². The molecule has 0 radical (unpaired) electrons. The van der Waals surface area contributed by atoms with Gasteiger partial charge in [0.05, 0.1) is 5.56 Å². The molecule has 2 atom stereocenters. The van der Waals surface area contributed by atoms with Crippen LogP contribution in [0, 0.1) is 29.5 Å². The lowest BCUT2D eigenvalue weighted by Gasteiger charge is -2.11. The molecule has 1 fully saturated rings. The minimum absolute atomic E-state index is 0.0376. The number of hydrogen-bond acceptors (Lipinski definition) is 2. The highest BCUT2D eigenvalue weighted by Crippen LogP contribution is 2.29. The van der Waals surface area contributed by atoms with Gasteiger partial charge in [-0.2, -0.15) is 0 Å². The number of nitrogens with one attached hydrogen (secondary N) is 1. The van der Waals surface area contributed by atoms with Crippen LogP contribution in [0.15, 0.2) is 18.2 Å². The molecule has 0 bridgehead atoms. The van der Waals surface area contributed by atoms with Crippen LogP contribution in [0.5, 0.6) is 0 Å². The van der Waals surface area contributed by atoms with Crippen LogP contribution in [-0.4, -0.2) is 24.2 Å². The highest BCUT2D eigenvalue weighted by Gasteiger charge is 2.22. The first kappa shape index (κ1) is 15.5. The topological polar surface area (TPSA) is 49.3 Å². The van der Waals surface area contributed by atoms with E-state index in [2.05, 4.69) is 24.1 Å². The van der Waals surface area contributed by atoms with E-state index in [9.17, 15) is 9.18 Å². The Labute approximate surface area is 124 Å². The summed E-state index contributed by atoms with van der Waals surface area (Å²) < 4.78 is 13.9. The molecule has 1 aliphatic carbocycles. The molecule has 0 aliphatic heterocycles. The lowest BCUT2D eigenvalue weighted by Crippen LogP contribution is -2.29. The second-order valence-electron chi connectivity index (χ2n) is 5.65. The summed E-state index contributed by atoms with van der Waals surface area (Å²) in [6.07, 6.45) is 3.45. The summed E-state index contributed by atoms with van der Waals surface area (Å²) in [5, 5.41) is 11.4. The predicted molar refractivity (Wildman–Crippen MR) is 79.2 cm³/mol. The third kappa shape index (κ3) is 4.30. The van der Waals surface area contributed by atoms with Crippen LogP contribution in [0.2, 0.25) is 0 Å². The minimum Gasteiger partial charge on any atom is -0.384 e.